The highest BCUT2D eigenvalue weighted by molar-refractivity contribution is 7.90. The summed E-state index contributed by atoms with van der Waals surface area (Å²) >= 11 is 0. The third-order valence-corrected chi connectivity index (χ3v) is 29.5. The zero-order valence-electron chi connectivity index (χ0n) is 69.6. The number of hydrogen-bond donors (Lipinski definition) is 8. The minimum Gasteiger partial charge on any atom is -0.335 e. The monoisotopic (exact) mass is 1740 g/mol. The number of benzene rings is 4. The lowest BCUT2D eigenvalue weighted by molar-refractivity contribution is 0.255. The molecule has 0 radical (unpaired) electrons. The van der Waals surface area contributed by atoms with Crippen molar-refractivity contribution in [3.8, 4) is 0 Å². The number of rotatable bonds is 22. The van der Waals surface area contributed by atoms with Crippen LogP contribution >= 0.6 is 0 Å². The Balaban J connectivity index is 0.000000121. The maximum Gasteiger partial charge on any atom is 0.333 e. The summed E-state index contributed by atoms with van der Waals surface area (Å²) in [7, 11) is -6.43. The van der Waals surface area contributed by atoms with Crippen molar-refractivity contribution in [3.05, 3.63) is 186 Å². The van der Waals surface area contributed by atoms with E-state index >= 15 is 0 Å². The number of amides is 8. The van der Waals surface area contributed by atoms with Crippen LogP contribution in [-0.2, 0) is 169 Å². The zero-order valence-corrected chi connectivity index (χ0v) is 72.9. The van der Waals surface area contributed by atoms with Gasteiger partial charge in [-0.05, 0) is 329 Å². The quantitative estimate of drug-likeness (QED) is 0.0313. The molecule has 5 aromatic heterocycles. The second kappa shape index (κ2) is 35.8. The van der Waals surface area contributed by atoms with Crippen LogP contribution in [0.2, 0.25) is 0 Å². The number of imidazole rings is 1. The van der Waals surface area contributed by atoms with Crippen molar-refractivity contribution in [3.63, 3.8) is 0 Å². The molecule has 19 rings (SSSR count). The Kier molecular flexibility index (Phi) is 25.0. The molecule has 4 aromatic carbocycles. The maximum absolute atomic E-state index is 12.9. The van der Waals surface area contributed by atoms with Gasteiger partial charge in [-0.1, -0.05) is 24.3 Å². The number of aryl methyl sites for hydroxylation is 8. The van der Waals surface area contributed by atoms with E-state index < -0.39 is 64.2 Å². The molecule has 2 fully saturated rings. The predicted octanol–water partition coefficient (Wildman–Crippen LogP) is 9.37. The average Bonchev–Trinajstić information content (AvgIpc) is 1.63. The van der Waals surface area contributed by atoms with Gasteiger partial charge < -0.3 is 40.5 Å². The van der Waals surface area contributed by atoms with E-state index in [1.807, 2.05) is 38.0 Å². The third kappa shape index (κ3) is 19.3. The summed E-state index contributed by atoms with van der Waals surface area (Å²) in [6.45, 7) is 3.88. The van der Waals surface area contributed by atoms with Gasteiger partial charge >= 0.3 is 24.1 Å². The molecule has 1 atom stereocenters. The van der Waals surface area contributed by atoms with E-state index in [4.69, 9.17) is 0 Å². The SMILES string of the molecule is CN(C)CCn1cnc(S(=O)(=O)NC(=O)Nc2c3c(cc4c2CCC4)CCC3)c1.CN(C)Cc1cc(S(=O)(=O)NC(=O)Nc2c3c(cc4c2CCC4)CCC3)nn1C1CC1.CN1CCC[C@@H]1Cn1ccc(S(=O)(=O)NC(=O)Nc2c3c(cc4c2CCC4)CCC3)n1.O=C(Nc1c2c(cc3c1CCC3)CCC2)NS(=O)(=O)c1ccn(Cc2ncccn2)n1. The number of carbonyl (C=O) groups is 4. The Morgan fingerprint density at radius 1 is 0.426 bits per heavy atom. The van der Waals surface area contributed by atoms with Crippen molar-refractivity contribution >= 4 is 87.0 Å². The van der Waals surface area contributed by atoms with Crippen LogP contribution in [0, 0.1) is 0 Å². The fraction of sp³-hybridized carbons (Fsp3) is 0.482. The summed E-state index contributed by atoms with van der Waals surface area (Å²) in [5.74, 6) is 0.507. The lowest BCUT2D eigenvalue weighted by Gasteiger charge is -2.19. The molecule has 1 saturated carbocycles. The molecule has 10 aliphatic rings. The van der Waals surface area contributed by atoms with Gasteiger partial charge in [0, 0.05) is 85.5 Å². The van der Waals surface area contributed by atoms with Gasteiger partial charge in [0.05, 0.1) is 24.6 Å². The summed E-state index contributed by atoms with van der Waals surface area (Å²) < 4.78 is 117. The molecule has 1 aliphatic heterocycles. The third-order valence-electron chi connectivity index (χ3n) is 24.7. The van der Waals surface area contributed by atoms with Gasteiger partial charge in [-0.3, -0.25) is 14.0 Å². The molecule has 33 nitrogen and oxygen atoms in total. The maximum atomic E-state index is 12.9. The molecule has 8 N–H and O–H groups in total. The fourth-order valence-electron chi connectivity index (χ4n) is 18.8. The standard InChI is InChI=1S/2C22H29N5O3S.C21H22N6O3S.C20H27N5O3S/c1-26(2)13-17-12-20(24-27(17)16-9-10-16)31(29,30)25-22(28)23-21-18-7-3-5-14(18)11-15-6-4-8-19(15)21;1-26-11-4-7-17(26)14-27-12-10-20(24-27)31(29,30)25-22(28)23-21-18-8-2-5-15(18)13-16-6-3-9-19(16)21;28-21(24-20-16-6-1-4-14(16)12-15-5-2-7-17(15)20)26-31(29,30)19-8-11-27(25-19)13-18-22-9-3-10-23-18;1-24(2)9-10-25-12-18(21-13-25)29(27,28)23-20(26)22-19-16-7-3-5-14(16)11-15-6-4-8-17(15)19/h11-12,16H,3-10,13H2,1-2H3,(H2,23,25,28);10,12-13,17H,2-9,11,14H2,1H3,(H2,23,25,28);3,8-12H,1-2,4-7,13H2,(H2,24,26,28);11-13H,3-10H2,1-2H3,(H2,22,23,26)/t;17-;;/m.1../s1. The first-order valence-corrected chi connectivity index (χ1v) is 48.4. The van der Waals surface area contributed by atoms with Crippen LogP contribution in [0.1, 0.15) is 184 Å². The van der Waals surface area contributed by atoms with E-state index in [1.54, 1.807) is 44.7 Å². The summed E-state index contributed by atoms with van der Waals surface area (Å²) in [6.07, 6.45) is 37.4. The Bertz CT molecular complexity index is 5890. The molecule has 6 heterocycles. The topological polar surface area (TPSA) is 408 Å². The Labute approximate surface area is 712 Å². The number of hydrogen-bond acceptors (Lipinski definition) is 21. The Morgan fingerprint density at radius 3 is 1.16 bits per heavy atom. The highest BCUT2D eigenvalue weighted by atomic mass is 32.2. The number of likely N-dealkylation sites (tertiary alicyclic amines) is 1. The molecule has 9 aliphatic carbocycles. The smallest absolute Gasteiger partial charge is 0.333 e. The van der Waals surface area contributed by atoms with E-state index in [0.717, 1.165) is 255 Å². The number of nitrogens with one attached hydrogen (secondary N) is 8. The molecule has 0 unspecified atom stereocenters. The summed E-state index contributed by atoms with van der Waals surface area (Å²) in [4.78, 5) is 69.1. The van der Waals surface area contributed by atoms with Crippen LogP contribution < -0.4 is 40.2 Å². The lowest BCUT2D eigenvalue weighted by atomic mass is 9.99. The van der Waals surface area contributed by atoms with Gasteiger partial charge in [-0.25, -0.2) is 53.0 Å². The van der Waals surface area contributed by atoms with E-state index in [-0.39, 0.29) is 32.7 Å². The van der Waals surface area contributed by atoms with Gasteiger partial charge in [-0.2, -0.15) is 49.0 Å². The average molecular weight is 1740 g/mol. The van der Waals surface area contributed by atoms with Gasteiger partial charge in [-0.15, -0.1) is 0 Å². The molecular formula is C85H107N21O12S4. The molecule has 0 spiro atoms. The van der Waals surface area contributed by atoms with Crippen molar-refractivity contribution in [2.75, 3.05) is 69.6 Å². The van der Waals surface area contributed by atoms with Gasteiger partial charge in [0.2, 0.25) is 0 Å². The van der Waals surface area contributed by atoms with E-state index in [2.05, 4.69) is 107 Å². The van der Waals surface area contributed by atoms with Gasteiger partial charge in [0.15, 0.2) is 20.1 Å². The second-order valence-corrected chi connectivity index (χ2v) is 40.5. The van der Waals surface area contributed by atoms with Gasteiger partial charge in [0.1, 0.15) is 12.4 Å². The number of fused-ring (bicyclic) bond motifs is 8. The first kappa shape index (κ1) is 85.1. The van der Waals surface area contributed by atoms with Crippen molar-refractivity contribution in [1.29, 1.82) is 0 Å². The second-order valence-electron chi connectivity index (χ2n) is 34.0. The zero-order chi connectivity index (χ0) is 85.4. The lowest BCUT2D eigenvalue weighted by Crippen LogP contribution is -2.35. The molecule has 122 heavy (non-hydrogen) atoms. The van der Waals surface area contributed by atoms with Crippen LogP contribution in [-0.4, -0.2) is 176 Å². The first-order valence-electron chi connectivity index (χ1n) is 42.5. The van der Waals surface area contributed by atoms with Crippen molar-refractivity contribution < 1.29 is 52.8 Å². The minimum atomic E-state index is -4.11. The molecule has 8 amide bonds. The minimum absolute atomic E-state index is 0.102. The van der Waals surface area contributed by atoms with Gasteiger partial charge in [0.25, 0.3) is 40.1 Å². The molecule has 9 aromatic rings. The summed E-state index contributed by atoms with van der Waals surface area (Å²) in [5.41, 5.74) is 23.6. The summed E-state index contributed by atoms with van der Waals surface area (Å²) in [5, 5.41) is 23.4. The first-order chi connectivity index (χ1) is 58.5. The fourth-order valence-corrected chi connectivity index (χ4v) is 22.2. The van der Waals surface area contributed by atoms with Crippen LogP contribution in [0.3, 0.4) is 0 Å². The Hall–Kier alpha value is -10.4. The number of aromatic nitrogens is 10. The molecule has 0 bridgehead atoms. The number of likely N-dealkylation sites (N-methyl/N-ethyl adjacent to an activating group) is 2. The molecule has 1 saturated heterocycles. The van der Waals surface area contributed by atoms with E-state index in [9.17, 15) is 52.8 Å². The van der Waals surface area contributed by atoms with Crippen molar-refractivity contribution in [2.45, 2.75) is 238 Å². The highest BCUT2D eigenvalue weighted by Gasteiger charge is 2.36. The number of urea groups is 4. The molecule has 37 heteroatoms. The van der Waals surface area contributed by atoms with Crippen molar-refractivity contribution in [1.82, 2.24) is 82.4 Å². The molecular weight excluding hydrogens is 1640 g/mol. The van der Waals surface area contributed by atoms with Crippen LogP contribution in [0.4, 0.5) is 41.9 Å². The van der Waals surface area contributed by atoms with Crippen molar-refractivity contribution in [2.24, 2.45) is 0 Å². The van der Waals surface area contributed by atoms with E-state index in [1.165, 1.54) is 91.2 Å². The number of anilines is 4. The van der Waals surface area contributed by atoms with Crippen LogP contribution in [0.5, 0.6) is 0 Å². The highest BCUT2D eigenvalue weighted by Crippen LogP contribution is 2.44. The van der Waals surface area contributed by atoms with Crippen LogP contribution in [0.15, 0.2) is 106 Å². The molecule has 648 valence electrons. The number of carbonyl (C=O) groups excluding carboxylic acids is 4. The van der Waals surface area contributed by atoms with E-state index in [0.29, 0.717) is 31.5 Å². The summed E-state index contributed by atoms with van der Waals surface area (Å²) in [6, 6.07) is 12.8. The largest absolute Gasteiger partial charge is 0.335 e. The normalized spacial score (nSPS) is 17.2. The predicted molar refractivity (Wildman–Crippen MR) is 459 cm³/mol. The number of sulfonamides is 4. The Morgan fingerprint density at radius 2 is 0.795 bits per heavy atom. The van der Waals surface area contributed by atoms with Crippen LogP contribution in [0.25, 0.3) is 0 Å². The number of nitrogens with zero attached hydrogens (tertiary/aromatic N) is 13.